The number of Topliss-reactive ketones (excluding diaryl/α,β-unsaturated/α-hetero) is 1. The van der Waals surface area contributed by atoms with Crippen LogP contribution >= 0.6 is 0 Å². The van der Waals surface area contributed by atoms with Crippen molar-refractivity contribution in [2.45, 2.75) is 45.4 Å². The highest BCUT2D eigenvalue weighted by Crippen LogP contribution is 2.25. The van der Waals surface area contributed by atoms with Crippen molar-refractivity contribution in [2.75, 3.05) is 0 Å². The molecule has 0 amide bonds. The Balaban J connectivity index is 2.15. The first-order valence-corrected chi connectivity index (χ1v) is 8.55. The summed E-state index contributed by atoms with van der Waals surface area (Å²) in [6.07, 6.45) is 9.38. The van der Waals surface area contributed by atoms with Gasteiger partial charge in [-0.3, -0.25) is 4.79 Å². The van der Waals surface area contributed by atoms with Crippen LogP contribution in [0.3, 0.4) is 0 Å². The van der Waals surface area contributed by atoms with Crippen molar-refractivity contribution < 1.29 is 4.79 Å². The minimum atomic E-state index is 0.124. The maximum Gasteiger partial charge on any atom is 0.159 e. The minimum Gasteiger partial charge on any atom is -0.295 e. The summed E-state index contributed by atoms with van der Waals surface area (Å²) in [5.41, 5.74) is 3.31. The summed E-state index contributed by atoms with van der Waals surface area (Å²) in [5.74, 6) is 0.529. The Morgan fingerprint density at radius 2 is 1.70 bits per heavy atom. The average Bonchev–Trinajstić information content (AvgIpc) is 2.59. The Morgan fingerprint density at radius 3 is 2.30 bits per heavy atom. The van der Waals surface area contributed by atoms with Crippen molar-refractivity contribution in [1.82, 2.24) is 0 Å². The van der Waals surface area contributed by atoms with Crippen LogP contribution in [0.25, 0.3) is 6.08 Å². The van der Waals surface area contributed by atoms with E-state index in [1.54, 1.807) is 6.92 Å². The third-order valence-corrected chi connectivity index (χ3v) is 4.18. The Kier molecular flexibility index (Phi) is 6.80. The molecule has 0 saturated carbocycles. The number of ketones is 1. The van der Waals surface area contributed by atoms with E-state index in [1.807, 2.05) is 18.2 Å². The first-order chi connectivity index (χ1) is 11.2. The zero-order valence-corrected chi connectivity index (χ0v) is 14.2. The number of hydrogen-bond acceptors (Lipinski definition) is 1. The molecule has 23 heavy (non-hydrogen) atoms. The predicted octanol–water partition coefficient (Wildman–Crippen LogP) is 6.27. The topological polar surface area (TPSA) is 17.1 Å². The second-order valence-electron chi connectivity index (χ2n) is 6.05. The minimum absolute atomic E-state index is 0.124. The van der Waals surface area contributed by atoms with E-state index in [0.29, 0.717) is 5.92 Å². The SMILES string of the molecule is CCCCCC(/C=C/c1ccccc1)c1ccc(C(C)=O)cc1. The van der Waals surface area contributed by atoms with E-state index in [1.165, 1.54) is 30.4 Å². The number of carbonyl (C=O) groups is 1. The number of rotatable bonds is 8. The lowest BCUT2D eigenvalue weighted by atomic mass is 9.91. The van der Waals surface area contributed by atoms with E-state index in [4.69, 9.17) is 0 Å². The highest BCUT2D eigenvalue weighted by molar-refractivity contribution is 5.94. The summed E-state index contributed by atoms with van der Waals surface area (Å²) in [4.78, 5) is 11.4. The van der Waals surface area contributed by atoms with Crippen LogP contribution < -0.4 is 0 Å². The molecule has 0 saturated heterocycles. The Bertz CT molecular complexity index is 623. The molecule has 0 aliphatic heterocycles. The fourth-order valence-corrected chi connectivity index (χ4v) is 2.74. The molecule has 120 valence electrons. The fraction of sp³-hybridized carbons (Fsp3) is 0.318. The van der Waals surface area contributed by atoms with E-state index in [-0.39, 0.29) is 5.78 Å². The van der Waals surface area contributed by atoms with E-state index < -0.39 is 0 Å². The van der Waals surface area contributed by atoms with Crippen LogP contribution in [0.2, 0.25) is 0 Å². The summed E-state index contributed by atoms with van der Waals surface area (Å²) >= 11 is 0. The molecule has 2 aromatic rings. The van der Waals surface area contributed by atoms with Gasteiger partial charge in [0.2, 0.25) is 0 Å². The highest BCUT2D eigenvalue weighted by atomic mass is 16.1. The number of allylic oxidation sites excluding steroid dienone is 1. The van der Waals surface area contributed by atoms with Crippen molar-refractivity contribution in [2.24, 2.45) is 0 Å². The largest absolute Gasteiger partial charge is 0.295 e. The first kappa shape index (κ1) is 17.2. The first-order valence-electron chi connectivity index (χ1n) is 8.55. The van der Waals surface area contributed by atoms with Gasteiger partial charge in [-0.1, -0.05) is 92.9 Å². The van der Waals surface area contributed by atoms with Gasteiger partial charge >= 0.3 is 0 Å². The molecule has 0 aliphatic rings. The number of unbranched alkanes of at least 4 members (excludes halogenated alkanes) is 2. The molecule has 0 fully saturated rings. The molecule has 0 aliphatic carbocycles. The van der Waals surface area contributed by atoms with E-state index >= 15 is 0 Å². The molecule has 0 radical (unpaired) electrons. The van der Waals surface area contributed by atoms with Crippen molar-refractivity contribution in [3.8, 4) is 0 Å². The third kappa shape index (κ3) is 5.52. The van der Waals surface area contributed by atoms with E-state index in [9.17, 15) is 4.79 Å². The van der Waals surface area contributed by atoms with Gasteiger partial charge in [-0.15, -0.1) is 0 Å². The molecule has 0 heterocycles. The van der Waals surface area contributed by atoms with E-state index in [2.05, 4.69) is 55.5 Å². The molecule has 2 rings (SSSR count). The molecule has 0 bridgehead atoms. The van der Waals surface area contributed by atoms with Crippen LogP contribution in [-0.4, -0.2) is 5.78 Å². The van der Waals surface area contributed by atoms with Gasteiger partial charge in [-0.05, 0) is 24.5 Å². The second kappa shape index (κ2) is 9.09. The molecule has 1 nitrogen and oxygen atoms in total. The molecule has 0 spiro atoms. The van der Waals surface area contributed by atoms with Gasteiger partial charge in [0, 0.05) is 11.5 Å². The Morgan fingerprint density at radius 1 is 1.00 bits per heavy atom. The molecule has 1 atom stereocenters. The summed E-state index contributed by atoms with van der Waals surface area (Å²) in [5, 5.41) is 0. The molecule has 1 unspecified atom stereocenters. The molecule has 1 heteroatoms. The van der Waals surface area contributed by atoms with Crippen molar-refractivity contribution >= 4 is 11.9 Å². The van der Waals surface area contributed by atoms with Crippen LogP contribution in [0, 0.1) is 0 Å². The monoisotopic (exact) mass is 306 g/mol. The van der Waals surface area contributed by atoms with Gasteiger partial charge in [0.25, 0.3) is 0 Å². The fourth-order valence-electron chi connectivity index (χ4n) is 2.74. The lowest BCUT2D eigenvalue weighted by Gasteiger charge is -2.14. The van der Waals surface area contributed by atoms with Gasteiger partial charge in [0.1, 0.15) is 0 Å². The van der Waals surface area contributed by atoms with Crippen molar-refractivity contribution in [3.05, 3.63) is 77.4 Å². The quantitative estimate of drug-likeness (QED) is 0.415. The number of hydrogen-bond donors (Lipinski definition) is 0. The van der Waals surface area contributed by atoms with Crippen LogP contribution in [0.5, 0.6) is 0 Å². The normalized spacial score (nSPS) is 12.4. The summed E-state index contributed by atoms with van der Waals surface area (Å²) in [6.45, 7) is 3.85. The van der Waals surface area contributed by atoms with Crippen LogP contribution in [0.1, 0.15) is 66.9 Å². The van der Waals surface area contributed by atoms with E-state index in [0.717, 1.165) is 12.0 Å². The predicted molar refractivity (Wildman–Crippen MR) is 98.8 cm³/mol. The molecular formula is C22H26O. The summed E-state index contributed by atoms with van der Waals surface area (Å²) < 4.78 is 0. The second-order valence-corrected chi connectivity index (χ2v) is 6.05. The number of carbonyl (C=O) groups excluding carboxylic acids is 1. The molecule has 2 aromatic carbocycles. The Hall–Kier alpha value is -2.15. The smallest absolute Gasteiger partial charge is 0.159 e. The van der Waals surface area contributed by atoms with Crippen molar-refractivity contribution in [3.63, 3.8) is 0 Å². The maximum atomic E-state index is 11.4. The van der Waals surface area contributed by atoms with Gasteiger partial charge in [-0.25, -0.2) is 0 Å². The zero-order chi connectivity index (χ0) is 16.5. The highest BCUT2D eigenvalue weighted by Gasteiger charge is 2.09. The van der Waals surface area contributed by atoms with Gasteiger partial charge < -0.3 is 0 Å². The lowest BCUT2D eigenvalue weighted by Crippen LogP contribution is -1.98. The average molecular weight is 306 g/mol. The van der Waals surface area contributed by atoms with Crippen molar-refractivity contribution in [1.29, 1.82) is 0 Å². The third-order valence-electron chi connectivity index (χ3n) is 4.18. The molecule has 0 N–H and O–H groups in total. The maximum absolute atomic E-state index is 11.4. The summed E-state index contributed by atoms with van der Waals surface area (Å²) in [6, 6.07) is 18.5. The lowest BCUT2D eigenvalue weighted by molar-refractivity contribution is 0.101. The standard InChI is InChI=1S/C22H26O/c1-3-4-6-11-21(13-12-19-9-7-5-8-10-19)22-16-14-20(15-17-22)18(2)23/h5,7-10,12-17,21H,3-4,6,11H2,1-2H3/b13-12+. The summed E-state index contributed by atoms with van der Waals surface area (Å²) in [7, 11) is 0. The molecular weight excluding hydrogens is 280 g/mol. The van der Waals surface area contributed by atoms with Gasteiger partial charge in [0.05, 0.1) is 0 Å². The van der Waals surface area contributed by atoms with Gasteiger partial charge in [-0.2, -0.15) is 0 Å². The van der Waals surface area contributed by atoms with Gasteiger partial charge in [0.15, 0.2) is 5.78 Å². The van der Waals surface area contributed by atoms with Crippen LogP contribution in [-0.2, 0) is 0 Å². The molecule has 0 aromatic heterocycles. The van der Waals surface area contributed by atoms with Crippen LogP contribution in [0.4, 0.5) is 0 Å². The zero-order valence-electron chi connectivity index (χ0n) is 14.2. The number of benzene rings is 2. The Labute approximate surface area is 140 Å². The van der Waals surface area contributed by atoms with Crippen LogP contribution in [0.15, 0.2) is 60.7 Å².